The molecule has 2 aromatic carbocycles. The van der Waals surface area contributed by atoms with E-state index in [-0.39, 0.29) is 22.8 Å². The Labute approximate surface area is 160 Å². The lowest BCUT2D eigenvalue weighted by Gasteiger charge is -2.06. The number of sulfone groups is 1. The lowest BCUT2D eigenvalue weighted by atomic mass is 10.2. The Bertz CT molecular complexity index is 1240. The summed E-state index contributed by atoms with van der Waals surface area (Å²) in [6.07, 6.45) is 1.42. The third-order valence-electron chi connectivity index (χ3n) is 4.27. The van der Waals surface area contributed by atoms with E-state index in [1.807, 2.05) is 36.4 Å². The molecule has 0 amide bonds. The number of thiophene rings is 1. The fourth-order valence-corrected chi connectivity index (χ4v) is 5.12. The molecular formula is C20H16N2O3S2. The zero-order chi connectivity index (χ0) is 18.9. The van der Waals surface area contributed by atoms with Crippen LogP contribution in [0.4, 0.5) is 0 Å². The van der Waals surface area contributed by atoms with Crippen LogP contribution in [0.1, 0.15) is 0 Å². The standard InChI is InChI=1S/C20H16N2O3S2/c23-20-19-17(13-18(26-19)15-7-3-1-4-8-15)21-14-22(20)11-12-27(24,25)16-9-5-2-6-10-16/h1-10,13-14H,11-12H2. The fourth-order valence-electron chi connectivity index (χ4n) is 2.81. The maximum atomic E-state index is 12.8. The molecule has 0 aliphatic heterocycles. The number of aryl methyl sites for hydroxylation is 1. The molecule has 5 nitrogen and oxygen atoms in total. The summed E-state index contributed by atoms with van der Waals surface area (Å²) in [6, 6.07) is 19.9. The van der Waals surface area contributed by atoms with Crippen molar-refractivity contribution < 1.29 is 8.42 Å². The number of nitrogens with zero attached hydrogens (tertiary/aromatic N) is 2. The van der Waals surface area contributed by atoms with Crippen LogP contribution in [0.3, 0.4) is 0 Å². The SMILES string of the molecule is O=c1c2sc(-c3ccccc3)cc2ncn1CCS(=O)(=O)c1ccccc1. The van der Waals surface area contributed by atoms with Crippen molar-refractivity contribution in [2.45, 2.75) is 11.4 Å². The Balaban J connectivity index is 1.64. The first-order chi connectivity index (χ1) is 13.0. The molecule has 0 saturated heterocycles. The van der Waals surface area contributed by atoms with Crippen LogP contribution >= 0.6 is 11.3 Å². The summed E-state index contributed by atoms with van der Waals surface area (Å²) >= 11 is 1.38. The van der Waals surface area contributed by atoms with Crippen LogP contribution in [0.25, 0.3) is 20.7 Å². The van der Waals surface area contributed by atoms with Gasteiger partial charge in [0.1, 0.15) is 4.70 Å². The largest absolute Gasteiger partial charge is 0.297 e. The molecule has 0 radical (unpaired) electrons. The third-order valence-corrected chi connectivity index (χ3v) is 7.14. The predicted octanol–water partition coefficient (Wildman–Crippen LogP) is 3.60. The summed E-state index contributed by atoms with van der Waals surface area (Å²) in [7, 11) is -3.45. The minimum Gasteiger partial charge on any atom is -0.297 e. The van der Waals surface area contributed by atoms with Gasteiger partial charge in [-0.05, 0) is 23.8 Å². The highest BCUT2D eigenvalue weighted by atomic mass is 32.2. The van der Waals surface area contributed by atoms with Crippen LogP contribution in [-0.4, -0.2) is 23.7 Å². The van der Waals surface area contributed by atoms with Gasteiger partial charge in [0, 0.05) is 11.4 Å². The summed E-state index contributed by atoms with van der Waals surface area (Å²) in [5.41, 5.74) is 1.44. The first-order valence-corrected chi connectivity index (χ1v) is 10.8. The van der Waals surface area contributed by atoms with Crippen molar-refractivity contribution in [3.63, 3.8) is 0 Å². The van der Waals surface area contributed by atoms with Gasteiger partial charge in [0.05, 0.1) is 22.5 Å². The van der Waals surface area contributed by atoms with Gasteiger partial charge < -0.3 is 0 Å². The third kappa shape index (κ3) is 3.56. The minimum atomic E-state index is -3.45. The van der Waals surface area contributed by atoms with Crippen LogP contribution < -0.4 is 5.56 Å². The molecule has 136 valence electrons. The lowest BCUT2D eigenvalue weighted by Crippen LogP contribution is -2.24. The molecule has 0 fully saturated rings. The summed E-state index contributed by atoms with van der Waals surface area (Å²) < 4.78 is 26.8. The van der Waals surface area contributed by atoms with Crippen molar-refractivity contribution >= 4 is 31.4 Å². The molecule has 0 atom stereocenters. The average molecular weight is 396 g/mol. The lowest BCUT2D eigenvalue weighted by molar-refractivity contribution is 0.587. The van der Waals surface area contributed by atoms with Crippen molar-refractivity contribution in [3.8, 4) is 10.4 Å². The number of fused-ring (bicyclic) bond motifs is 1. The molecular weight excluding hydrogens is 380 g/mol. The van der Waals surface area contributed by atoms with Crippen molar-refractivity contribution in [1.82, 2.24) is 9.55 Å². The molecule has 27 heavy (non-hydrogen) atoms. The van der Waals surface area contributed by atoms with Crippen molar-refractivity contribution in [2.24, 2.45) is 0 Å². The van der Waals surface area contributed by atoms with Crippen LogP contribution in [0.5, 0.6) is 0 Å². The number of rotatable bonds is 5. The van der Waals surface area contributed by atoms with E-state index >= 15 is 0 Å². The van der Waals surface area contributed by atoms with Crippen LogP contribution in [0, 0.1) is 0 Å². The molecule has 0 aliphatic carbocycles. The van der Waals surface area contributed by atoms with Gasteiger partial charge >= 0.3 is 0 Å². The molecule has 7 heteroatoms. The smallest absolute Gasteiger partial charge is 0.271 e. The molecule has 2 aromatic heterocycles. The zero-order valence-corrected chi connectivity index (χ0v) is 15.9. The van der Waals surface area contributed by atoms with E-state index in [1.165, 1.54) is 22.2 Å². The van der Waals surface area contributed by atoms with E-state index in [9.17, 15) is 13.2 Å². The van der Waals surface area contributed by atoms with Gasteiger partial charge in [0.25, 0.3) is 5.56 Å². The molecule has 2 heterocycles. The summed E-state index contributed by atoms with van der Waals surface area (Å²) in [5, 5.41) is 0. The number of hydrogen-bond donors (Lipinski definition) is 0. The van der Waals surface area contributed by atoms with Gasteiger partial charge in [0.2, 0.25) is 0 Å². The second-order valence-electron chi connectivity index (χ2n) is 6.07. The van der Waals surface area contributed by atoms with Crippen LogP contribution in [0.15, 0.2) is 82.7 Å². The molecule has 0 bridgehead atoms. The Morgan fingerprint density at radius 1 is 0.963 bits per heavy atom. The summed E-state index contributed by atoms with van der Waals surface area (Å²) in [4.78, 5) is 18.3. The quantitative estimate of drug-likeness (QED) is 0.517. The first kappa shape index (κ1) is 17.6. The molecule has 4 rings (SSSR count). The average Bonchev–Trinajstić information content (AvgIpc) is 3.14. The molecule has 0 aliphatic rings. The number of benzene rings is 2. The Hall–Kier alpha value is -2.77. The number of hydrogen-bond acceptors (Lipinski definition) is 5. The van der Waals surface area contributed by atoms with Gasteiger partial charge in [-0.25, -0.2) is 13.4 Å². The zero-order valence-electron chi connectivity index (χ0n) is 14.3. The molecule has 0 unspecified atom stereocenters. The van der Waals surface area contributed by atoms with Crippen molar-refractivity contribution in [1.29, 1.82) is 0 Å². The van der Waals surface area contributed by atoms with Crippen LogP contribution in [-0.2, 0) is 16.4 Å². The Morgan fingerprint density at radius 2 is 1.63 bits per heavy atom. The van der Waals surface area contributed by atoms with Crippen molar-refractivity contribution in [2.75, 3.05) is 5.75 Å². The summed E-state index contributed by atoms with van der Waals surface area (Å²) in [6.45, 7) is 0.0670. The van der Waals surface area contributed by atoms with E-state index < -0.39 is 9.84 Å². The maximum absolute atomic E-state index is 12.8. The van der Waals surface area contributed by atoms with Crippen molar-refractivity contribution in [3.05, 3.63) is 83.4 Å². The monoisotopic (exact) mass is 396 g/mol. The molecule has 0 saturated carbocycles. The number of aromatic nitrogens is 2. The normalized spacial score (nSPS) is 11.7. The van der Waals surface area contributed by atoms with Gasteiger partial charge in [-0.15, -0.1) is 11.3 Å². The Morgan fingerprint density at radius 3 is 2.33 bits per heavy atom. The fraction of sp³-hybridized carbons (Fsp3) is 0.100. The topological polar surface area (TPSA) is 69.0 Å². The predicted molar refractivity (Wildman–Crippen MR) is 108 cm³/mol. The first-order valence-electron chi connectivity index (χ1n) is 8.37. The Kier molecular flexibility index (Phi) is 4.63. The van der Waals surface area contributed by atoms with E-state index in [0.717, 1.165) is 10.4 Å². The second-order valence-corrected chi connectivity index (χ2v) is 9.23. The minimum absolute atomic E-state index is 0.0670. The van der Waals surface area contributed by atoms with Gasteiger partial charge in [-0.3, -0.25) is 9.36 Å². The van der Waals surface area contributed by atoms with Gasteiger partial charge in [0.15, 0.2) is 9.84 Å². The highest BCUT2D eigenvalue weighted by Gasteiger charge is 2.16. The van der Waals surface area contributed by atoms with E-state index in [0.29, 0.717) is 10.2 Å². The highest BCUT2D eigenvalue weighted by molar-refractivity contribution is 7.91. The summed E-state index contributed by atoms with van der Waals surface area (Å²) in [5.74, 6) is -0.152. The maximum Gasteiger partial charge on any atom is 0.271 e. The molecule has 4 aromatic rings. The molecule has 0 spiro atoms. The van der Waals surface area contributed by atoms with Crippen LogP contribution in [0.2, 0.25) is 0 Å². The molecule has 0 N–H and O–H groups in total. The van der Waals surface area contributed by atoms with E-state index in [1.54, 1.807) is 30.3 Å². The second kappa shape index (κ2) is 7.09. The van der Waals surface area contributed by atoms with E-state index in [4.69, 9.17) is 0 Å². The van der Waals surface area contributed by atoms with Gasteiger partial charge in [-0.1, -0.05) is 48.5 Å². The van der Waals surface area contributed by atoms with E-state index in [2.05, 4.69) is 4.98 Å². The van der Waals surface area contributed by atoms with Gasteiger partial charge in [-0.2, -0.15) is 0 Å². The highest BCUT2D eigenvalue weighted by Crippen LogP contribution is 2.30.